The molecule has 3 rings (SSSR count). The summed E-state index contributed by atoms with van der Waals surface area (Å²) >= 11 is 1.50. The average molecular weight is 315 g/mol. The summed E-state index contributed by atoms with van der Waals surface area (Å²) in [5, 5.41) is 1.01. The van der Waals surface area contributed by atoms with E-state index in [0.29, 0.717) is 10.8 Å². The topological polar surface area (TPSA) is 46.1 Å². The third kappa shape index (κ3) is 3.04. The second-order valence-corrected chi connectivity index (χ2v) is 7.08. The monoisotopic (exact) mass is 315 g/mol. The van der Waals surface area contributed by atoms with Crippen LogP contribution in [0.2, 0.25) is 0 Å². The number of hydrogen-bond donors (Lipinski definition) is 0. The van der Waals surface area contributed by atoms with Crippen molar-refractivity contribution < 1.29 is 4.79 Å². The van der Waals surface area contributed by atoms with Crippen molar-refractivity contribution in [2.24, 2.45) is 0 Å². The van der Waals surface area contributed by atoms with Crippen LogP contribution in [0.4, 0.5) is 5.82 Å². The van der Waals surface area contributed by atoms with Crippen LogP contribution in [-0.4, -0.2) is 21.9 Å². The van der Waals surface area contributed by atoms with E-state index in [1.54, 1.807) is 12.4 Å². The highest BCUT2D eigenvalue weighted by Crippen LogP contribution is 2.30. The van der Waals surface area contributed by atoms with E-state index >= 15 is 0 Å². The van der Waals surface area contributed by atoms with E-state index in [0.717, 1.165) is 23.7 Å². The molecular weight excluding hydrogens is 294 g/mol. The first-order valence-electron chi connectivity index (χ1n) is 7.87. The molecule has 2 aromatic rings. The fourth-order valence-corrected chi connectivity index (χ4v) is 3.75. The highest BCUT2D eigenvalue weighted by atomic mass is 32.1. The van der Waals surface area contributed by atoms with E-state index in [-0.39, 0.29) is 11.9 Å². The van der Waals surface area contributed by atoms with Crippen molar-refractivity contribution in [2.75, 3.05) is 4.90 Å². The molecule has 2 aromatic heterocycles. The first kappa shape index (κ1) is 15.2. The van der Waals surface area contributed by atoms with Gasteiger partial charge in [0, 0.05) is 18.2 Å². The summed E-state index contributed by atoms with van der Waals surface area (Å²) in [5.41, 5.74) is 0. The Hall–Kier alpha value is -1.75. The van der Waals surface area contributed by atoms with Gasteiger partial charge in [-0.3, -0.25) is 9.69 Å². The van der Waals surface area contributed by atoms with Crippen LogP contribution in [0.1, 0.15) is 60.1 Å². The van der Waals surface area contributed by atoms with E-state index in [1.165, 1.54) is 24.2 Å². The summed E-state index contributed by atoms with van der Waals surface area (Å²) in [6.45, 7) is 4.20. The molecule has 0 bridgehead atoms. The summed E-state index contributed by atoms with van der Waals surface area (Å²) in [4.78, 5) is 24.4. The van der Waals surface area contributed by atoms with Crippen molar-refractivity contribution >= 4 is 23.1 Å². The number of anilines is 1. The maximum Gasteiger partial charge on any atom is 0.271 e. The third-order valence-electron chi connectivity index (χ3n) is 4.03. The number of amides is 1. The molecule has 0 N–H and O–H groups in total. The number of carbonyl (C=O) groups excluding carboxylic acids is 1. The molecule has 0 aliphatic heterocycles. The zero-order valence-electron chi connectivity index (χ0n) is 13.0. The van der Waals surface area contributed by atoms with Gasteiger partial charge in [-0.25, -0.2) is 9.97 Å². The number of rotatable bonds is 4. The standard InChI is InChI=1S/C17H21N3OS/c1-12(2)16-19-11-14(22-16)17(21)20(13-7-3-4-8-13)15-9-5-6-10-18-15/h5-6,9-13H,3-4,7-8H2,1-2H3. The molecule has 4 nitrogen and oxygen atoms in total. The van der Waals surface area contributed by atoms with Crippen LogP contribution in [0.25, 0.3) is 0 Å². The Morgan fingerprint density at radius 1 is 1.27 bits per heavy atom. The van der Waals surface area contributed by atoms with Gasteiger partial charge in [0.25, 0.3) is 5.91 Å². The summed E-state index contributed by atoms with van der Waals surface area (Å²) in [7, 11) is 0. The maximum absolute atomic E-state index is 13.0. The fraction of sp³-hybridized carbons (Fsp3) is 0.471. The minimum atomic E-state index is 0.0370. The molecule has 0 saturated heterocycles. The number of carbonyl (C=O) groups is 1. The van der Waals surface area contributed by atoms with Gasteiger partial charge < -0.3 is 0 Å². The normalized spacial score (nSPS) is 15.4. The van der Waals surface area contributed by atoms with Crippen molar-refractivity contribution in [1.29, 1.82) is 0 Å². The van der Waals surface area contributed by atoms with Crippen molar-refractivity contribution in [3.8, 4) is 0 Å². The van der Waals surface area contributed by atoms with E-state index in [4.69, 9.17) is 0 Å². The SMILES string of the molecule is CC(C)c1ncc(C(=O)N(c2ccccn2)C2CCCC2)s1. The molecule has 1 fully saturated rings. The first-order chi connectivity index (χ1) is 10.7. The molecule has 0 radical (unpaired) electrons. The number of pyridine rings is 1. The largest absolute Gasteiger partial charge is 0.289 e. The van der Waals surface area contributed by atoms with E-state index < -0.39 is 0 Å². The molecule has 0 spiro atoms. The van der Waals surface area contributed by atoms with E-state index in [1.807, 2.05) is 23.1 Å². The van der Waals surface area contributed by atoms with Crippen LogP contribution in [0.15, 0.2) is 30.6 Å². The molecule has 116 valence electrons. The molecule has 1 aliphatic rings. The molecule has 0 atom stereocenters. The van der Waals surface area contributed by atoms with Crippen LogP contribution in [0.3, 0.4) is 0 Å². The lowest BCUT2D eigenvalue weighted by atomic mass is 10.2. The molecular formula is C17H21N3OS. The lowest BCUT2D eigenvalue weighted by Crippen LogP contribution is -2.39. The van der Waals surface area contributed by atoms with Crippen LogP contribution < -0.4 is 4.90 Å². The van der Waals surface area contributed by atoms with Crippen molar-refractivity contribution in [1.82, 2.24) is 9.97 Å². The second-order valence-electron chi connectivity index (χ2n) is 6.02. The van der Waals surface area contributed by atoms with Crippen LogP contribution in [0.5, 0.6) is 0 Å². The molecule has 0 aromatic carbocycles. The van der Waals surface area contributed by atoms with Gasteiger partial charge in [-0.05, 0) is 25.0 Å². The van der Waals surface area contributed by atoms with E-state index in [2.05, 4.69) is 23.8 Å². The Balaban J connectivity index is 1.92. The van der Waals surface area contributed by atoms with Gasteiger partial charge >= 0.3 is 0 Å². The zero-order chi connectivity index (χ0) is 15.5. The number of aromatic nitrogens is 2. The van der Waals surface area contributed by atoms with Crippen LogP contribution in [0, 0.1) is 0 Å². The van der Waals surface area contributed by atoms with Gasteiger partial charge in [-0.15, -0.1) is 11.3 Å². The minimum absolute atomic E-state index is 0.0370. The lowest BCUT2D eigenvalue weighted by molar-refractivity contribution is 0.0980. The minimum Gasteiger partial charge on any atom is -0.289 e. The Kier molecular flexibility index (Phi) is 4.52. The molecule has 1 amide bonds. The molecule has 2 heterocycles. The van der Waals surface area contributed by atoms with Crippen molar-refractivity contribution in [3.05, 3.63) is 40.5 Å². The summed E-state index contributed by atoms with van der Waals surface area (Å²) in [6, 6.07) is 5.99. The summed E-state index contributed by atoms with van der Waals surface area (Å²) in [6.07, 6.45) is 7.93. The van der Waals surface area contributed by atoms with Gasteiger partial charge in [-0.2, -0.15) is 0 Å². The molecule has 1 saturated carbocycles. The Bertz CT molecular complexity index is 632. The van der Waals surface area contributed by atoms with Gasteiger partial charge in [-0.1, -0.05) is 32.8 Å². The van der Waals surface area contributed by atoms with Crippen LogP contribution >= 0.6 is 11.3 Å². The summed E-state index contributed by atoms with van der Waals surface area (Å²) in [5.74, 6) is 1.13. The van der Waals surface area contributed by atoms with E-state index in [9.17, 15) is 4.79 Å². The molecule has 5 heteroatoms. The smallest absolute Gasteiger partial charge is 0.271 e. The number of thiazole rings is 1. The van der Waals surface area contributed by atoms with Crippen molar-refractivity contribution in [2.45, 2.75) is 51.5 Å². The number of hydrogen-bond acceptors (Lipinski definition) is 4. The predicted molar refractivity (Wildman–Crippen MR) is 89.5 cm³/mol. The summed E-state index contributed by atoms with van der Waals surface area (Å²) < 4.78 is 0. The highest BCUT2D eigenvalue weighted by Gasteiger charge is 2.30. The molecule has 22 heavy (non-hydrogen) atoms. The average Bonchev–Trinajstić information content (AvgIpc) is 3.20. The first-order valence-corrected chi connectivity index (χ1v) is 8.69. The highest BCUT2D eigenvalue weighted by molar-refractivity contribution is 7.13. The second kappa shape index (κ2) is 6.57. The van der Waals surface area contributed by atoms with Gasteiger partial charge in [0.2, 0.25) is 0 Å². The quantitative estimate of drug-likeness (QED) is 0.847. The van der Waals surface area contributed by atoms with Crippen molar-refractivity contribution in [3.63, 3.8) is 0 Å². The molecule has 0 unspecified atom stereocenters. The van der Waals surface area contributed by atoms with Crippen LogP contribution in [-0.2, 0) is 0 Å². The zero-order valence-corrected chi connectivity index (χ0v) is 13.8. The lowest BCUT2D eigenvalue weighted by Gasteiger charge is -2.27. The van der Waals surface area contributed by atoms with Gasteiger partial charge in [0.15, 0.2) is 0 Å². The Labute approximate surface area is 135 Å². The van der Waals surface area contributed by atoms with Gasteiger partial charge in [0.05, 0.1) is 11.2 Å². The maximum atomic E-state index is 13.0. The predicted octanol–water partition coefficient (Wildman–Crippen LogP) is 4.25. The molecule has 1 aliphatic carbocycles. The Morgan fingerprint density at radius 3 is 2.64 bits per heavy atom. The number of nitrogens with zero attached hydrogens (tertiary/aromatic N) is 3. The third-order valence-corrected chi connectivity index (χ3v) is 5.32. The van der Waals surface area contributed by atoms with Gasteiger partial charge in [0.1, 0.15) is 10.7 Å². The Morgan fingerprint density at radius 2 is 2.05 bits per heavy atom. The fourth-order valence-electron chi connectivity index (χ4n) is 2.89.